The molecule has 2 N–H and O–H groups in total. The van der Waals surface area contributed by atoms with Gasteiger partial charge in [-0.05, 0) is 5.75 Å². The van der Waals surface area contributed by atoms with Crippen molar-refractivity contribution >= 4 is 35.1 Å². The van der Waals surface area contributed by atoms with E-state index in [0.29, 0.717) is 27.9 Å². The number of rotatable bonds is 5. The third-order valence-electron chi connectivity index (χ3n) is 2.04. The van der Waals surface area contributed by atoms with Crippen molar-refractivity contribution in [3.63, 3.8) is 0 Å². The topological polar surface area (TPSA) is 79.4 Å². The van der Waals surface area contributed by atoms with E-state index in [1.807, 2.05) is 13.8 Å². The van der Waals surface area contributed by atoms with Crippen LogP contribution in [-0.2, 0) is 6.42 Å². The molecule has 96 valence electrons. The molecule has 0 radical (unpaired) electrons. The summed E-state index contributed by atoms with van der Waals surface area (Å²) in [7, 11) is 0. The smallest absolute Gasteiger partial charge is 0.225 e. The Labute approximate surface area is 114 Å². The summed E-state index contributed by atoms with van der Waals surface area (Å²) in [4.78, 5) is 12.7. The molecule has 18 heavy (non-hydrogen) atoms. The Morgan fingerprint density at radius 2 is 2.17 bits per heavy atom. The molecule has 0 aliphatic carbocycles. The fraction of sp³-hybridized carbons (Fsp3) is 0.400. The highest BCUT2D eigenvalue weighted by Gasteiger charge is 2.06. The van der Waals surface area contributed by atoms with Gasteiger partial charge in [0.05, 0.1) is 0 Å². The lowest BCUT2D eigenvalue weighted by atomic mass is 10.4. The number of thioether (sulfide) groups is 1. The van der Waals surface area contributed by atoms with Gasteiger partial charge in [-0.1, -0.05) is 37.2 Å². The lowest BCUT2D eigenvalue weighted by Gasteiger charge is -2.03. The van der Waals surface area contributed by atoms with Crippen molar-refractivity contribution in [3.8, 4) is 0 Å². The molecule has 2 rings (SSSR count). The molecular weight excluding hydrogens is 272 g/mol. The van der Waals surface area contributed by atoms with Crippen LogP contribution in [0.15, 0.2) is 11.2 Å². The van der Waals surface area contributed by atoms with E-state index >= 15 is 0 Å². The summed E-state index contributed by atoms with van der Waals surface area (Å²) in [5.41, 5.74) is 0. The summed E-state index contributed by atoms with van der Waals surface area (Å²) in [5, 5.41) is 11.0. The minimum Gasteiger partial charge on any atom is -0.309 e. The van der Waals surface area contributed by atoms with E-state index in [4.69, 9.17) is 11.6 Å². The average molecular weight is 285 g/mol. The molecule has 0 aliphatic heterocycles. The zero-order valence-electron chi connectivity index (χ0n) is 10.1. The molecule has 6 nitrogen and oxygen atoms in total. The predicted molar refractivity (Wildman–Crippen MR) is 72.5 cm³/mol. The second kappa shape index (κ2) is 6.01. The van der Waals surface area contributed by atoms with Gasteiger partial charge in [0.1, 0.15) is 16.8 Å². The Hall–Kier alpha value is -1.34. The quantitative estimate of drug-likeness (QED) is 0.649. The van der Waals surface area contributed by atoms with Gasteiger partial charge in [0.25, 0.3) is 0 Å². The summed E-state index contributed by atoms with van der Waals surface area (Å²) >= 11 is 7.47. The van der Waals surface area contributed by atoms with E-state index in [1.54, 1.807) is 17.8 Å². The SMILES string of the molecule is CCSc1n[nH]c(Nc2cc(Cl)nc(CC)n2)n1. The monoisotopic (exact) mass is 284 g/mol. The molecule has 0 amide bonds. The summed E-state index contributed by atoms with van der Waals surface area (Å²) in [6, 6.07) is 1.65. The van der Waals surface area contributed by atoms with E-state index in [1.165, 1.54) is 0 Å². The zero-order valence-corrected chi connectivity index (χ0v) is 11.6. The number of hydrogen-bond acceptors (Lipinski definition) is 6. The number of halogens is 1. The largest absolute Gasteiger partial charge is 0.309 e. The molecule has 2 aromatic heterocycles. The Morgan fingerprint density at radius 1 is 1.33 bits per heavy atom. The molecule has 0 spiro atoms. The van der Waals surface area contributed by atoms with E-state index < -0.39 is 0 Å². The van der Waals surface area contributed by atoms with Crippen LogP contribution in [0.3, 0.4) is 0 Å². The van der Waals surface area contributed by atoms with Gasteiger partial charge < -0.3 is 5.32 Å². The maximum Gasteiger partial charge on any atom is 0.225 e. The fourth-order valence-corrected chi connectivity index (χ4v) is 2.03. The van der Waals surface area contributed by atoms with Crippen molar-refractivity contribution < 1.29 is 0 Å². The number of aromatic nitrogens is 5. The first-order valence-electron chi connectivity index (χ1n) is 5.57. The van der Waals surface area contributed by atoms with Crippen molar-refractivity contribution in [2.24, 2.45) is 0 Å². The van der Waals surface area contributed by atoms with Crippen molar-refractivity contribution in [3.05, 3.63) is 17.0 Å². The highest BCUT2D eigenvalue weighted by molar-refractivity contribution is 7.99. The van der Waals surface area contributed by atoms with Gasteiger partial charge >= 0.3 is 0 Å². The first-order chi connectivity index (χ1) is 8.71. The van der Waals surface area contributed by atoms with Crippen LogP contribution in [-0.4, -0.2) is 30.9 Å². The molecule has 8 heteroatoms. The summed E-state index contributed by atoms with van der Waals surface area (Å²) in [6.07, 6.45) is 0.725. The lowest BCUT2D eigenvalue weighted by Crippen LogP contribution is -2.00. The maximum atomic E-state index is 5.91. The van der Waals surface area contributed by atoms with Crippen molar-refractivity contribution in [2.45, 2.75) is 25.4 Å². The van der Waals surface area contributed by atoms with Gasteiger partial charge in [-0.15, -0.1) is 5.10 Å². The normalized spacial score (nSPS) is 10.6. The summed E-state index contributed by atoms with van der Waals surface area (Å²) < 4.78 is 0. The minimum absolute atomic E-state index is 0.409. The van der Waals surface area contributed by atoms with Crippen LogP contribution in [0.1, 0.15) is 19.7 Å². The molecule has 0 aliphatic rings. The Bertz CT molecular complexity index is 529. The molecule has 0 bridgehead atoms. The minimum atomic E-state index is 0.409. The van der Waals surface area contributed by atoms with Crippen molar-refractivity contribution in [1.82, 2.24) is 25.1 Å². The van der Waals surface area contributed by atoms with Gasteiger partial charge in [0.15, 0.2) is 0 Å². The van der Waals surface area contributed by atoms with Gasteiger partial charge in [0, 0.05) is 12.5 Å². The number of anilines is 2. The average Bonchev–Trinajstić information content (AvgIpc) is 2.76. The van der Waals surface area contributed by atoms with Gasteiger partial charge in [-0.25, -0.2) is 15.1 Å². The number of aromatic amines is 1. The van der Waals surface area contributed by atoms with Crippen molar-refractivity contribution in [1.29, 1.82) is 0 Å². The van der Waals surface area contributed by atoms with Crippen LogP contribution in [0, 0.1) is 0 Å². The highest BCUT2D eigenvalue weighted by Crippen LogP contribution is 2.17. The molecule has 0 unspecified atom stereocenters. The molecule has 0 fully saturated rings. The van der Waals surface area contributed by atoms with E-state index in [-0.39, 0.29) is 0 Å². The van der Waals surface area contributed by atoms with Gasteiger partial charge in [-0.2, -0.15) is 4.98 Å². The van der Waals surface area contributed by atoms with Crippen LogP contribution in [0.4, 0.5) is 11.8 Å². The zero-order chi connectivity index (χ0) is 13.0. The Morgan fingerprint density at radius 3 is 2.89 bits per heavy atom. The van der Waals surface area contributed by atoms with E-state index in [2.05, 4.69) is 30.5 Å². The maximum absolute atomic E-state index is 5.91. The number of nitrogens with zero attached hydrogens (tertiary/aromatic N) is 4. The van der Waals surface area contributed by atoms with Crippen LogP contribution in [0.5, 0.6) is 0 Å². The first-order valence-corrected chi connectivity index (χ1v) is 6.93. The Balaban J connectivity index is 2.14. The second-order valence-corrected chi connectivity index (χ2v) is 4.99. The molecule has 0 aromatic carbocycles. The number of aryl methyl sites for hydroxylation is 1. The number of hydrogen-bond donors (Lipinski definition) is 2. The third kappa shape index (κ3) is 3.33. The van der Waals surface area contributed by atoms with Crippen LogP contribution >= 0.6 is 23.4 Å². The summed E-state index contributed by atoms with van der Waals surface area (Å²) in [6.45, 7) is 4.02. The molecule has 0 saturated heterocycles. The second-order valence-electron chi connectivity index (χ2n) is 3.37. The van der Waals surface area contributed by atoms with Crippen molar-refractivity contribution in [2.75, 3.05) is 11.1 Å². The van der Waals surface area contributed by atoms with E-state index in [9.17, 15) is 0 Å². The van der Waals surface area contributed by atoms with Gasteiger partial charge in [-0.3, -0.25) is 0 Å². The predicted octanol–water partition coefficient (Wildman–Crippen LogP) is 2.67. The number of H-pyrrole nitrogens is 1. The fourth-order valence-electron chi connectivity index (χ4n) is 1.30. The third-order valence-corrected chi connectivity index (χ3v) is 2.97. The number of nitrogens with one attached hydrogen (secondary N) is 2. The highest BCUT2D eigenvalue weighted by atomic mass is 35.5. The first kappa shape index (κ1) is 13.1. The molecule has 2 heterocycles. The van der Waals surface area contributed by atoms with Gasteiger partial charge in [0.2, 0.25) is 11.1 Å². The van der Waals surface area contributed by atoms with Crippen LogP contribution in [0.25, 0.3) is 0 Å². The Kier molecular flexibility index (Phi) is 4.38. The molecule has 0 saturated carbocycles. The molecular formula is C10H13ClN6S. The summed E-state index contributed by atoms with van der Waals surface area (Å²) in [5.74, 6) is 2.77. The molecule has 2 aromatic rings. The standard InChI is InChI=1S/C10H13ClN6S/c1-3-7-12-6(11)5-8(13-7)14-9-15-10(17-16-9)18-4-2/h5H,3-4H2,1-2H3,(H2,12,13,14,15,16,17). The molecule has 0 atom stereocenters. The van der Waals surface area contributed by atoms with E-state index in [0.717, 1.165) is 12.2 Å². The van der Waals surface area contributed by atoms with Crippen LogP contribution < -0.4 is 5.32 Å². The van der Waals surface area contributed by atoms with Crippen LogP contribution in [0.2, 0.25) is 5.15 Å². The lowest BCUT2D eigenvalue weighted by molar-refractivity contribution is 0.941.